The zero-order valence-corrected chi connectivity index (χ0v) is 13.6. The van der Waals surface area contributed by atoms with E-state index in [0.717, 1.165) is 35.0 Å². The highest BCUT2D eigenvalue weighted by molar-refractivity contribution is 6.33. The van der Waals surface area contributed by atoms with Gasteiger partial charge in [-0.3, -0.25) is 0 Å². The molecule has 0 aliphatic heterocycles. The van der Waals surface area contributed by atoms with E-state index in [1.165, 1.54) is 0 Å². The molecular weight excluding hydrogens is 297 g/mol. The molecule has 0 aliphatic carbocycles. The fourth-order valence-electron chi connectivity index (χ4n) is 2.00. The average molecular weight is 320 g/mol. The van der Waals surface area contributed by atoms with Gasteiger partial charge in [-0.1, -0.05) is 30.1 Å². The van der Waals surface area contributed by atoms with E-state index in [9.17, 15) is 0 Å². The van der Waals surface area contributed by atoms with E-state index in [1.54, 1.807) is 7.11 Å². The van der Waals surface area contributed by atoms with E-state index in [-0.39, 0.29) is 0 Å². The van der Waals surface area contributed by atoms with Crippen molar-refractivity contribution in [2.24, 2.45) is 0 Å². The van der Waals surface area contributed by atoms with Gasteiger partial charge in [-0.25, -0.2) is 0 Å². The minimum Gasteiger partial charge on any atom is -0.382 e. The van der Waals surface area contributed by atoms with Crippen LogP contribution in [0.3, 0.4) is 0 Å². The van der Waals surface area contributed by atoms with Crippen LogP contribution in [0.25, 0.3) is 0 Å². The Balaban J connectivity index is 2.47. The molecule has 1 rings (SSSR count). The Hall–Kier alpha value is -0.320. The van der Waals surface area contributed by atoms with Crippen molar-refractivity contribution in [2.45, 2.75) is 25.8 Å². The van der Waals surface area contributed by atoms with Crippen LogP contribution in [-0.2, 0) is 15.9 Å². The van der Waals surface area contributed by atoms with Gasteiger partial charge < -0.3 is 14.8 Å². The molecule has 0 bridgehead atoms. The summed E-state index contributed by atoms with van der Waals surface area (Å²) in [5, 5.41) is 4.94. The maximum absolute atomic E-state index is 6.21. The molecule has 5 heteroatoms. The minimum absolute atomic E-state index is 0.332. The number of ether oxygens (including phenoxy) is 2. The smallest absolute Gasteiger partial charge is 0.0700 e. The zero-order valence-electron chi connectivity index (χ0n) is 12.1. The molecule has 114 valence electrons. The van der Waals surface area contributed by atoms with Crippen LogP contribution in [0.2, 0.25) is 10.0 Å². The third-order valence-electron chi connectivity index (χ3n) is 3.01. The van der Waals surface area contributed by atoms with E-state index in [0.29, 0.717) is 25.9 Å². The van der Waals surface area contributed by atoms with Crippen LogP contribution in [0.1, 0.15) is 18.9 Å². The summed E-state index contributed by atoms with van der Waals surface area (Å²) in [6.45, 7) is 4.98. The summed E-state index contributed by atoms with van der Waals surface area (Å²) in [5.41, 5.74) is 1.07. The molecule has 0 fully saturated rings. The van der Waals surface area contributed by atoms with E-state index in [2.05, 4.69) is 12.2 Å². The summed E-state index contributed by atoms with van der Waals surface area (Å²) in [6, 6.07) is 5.92. The first-order valence-electron chi connectivity index (χ1n) is 6.91. The lowest BCUT2D eigenvalue weighted by Crippen LogP contribution is -2.32. The van der Waals surface area contributed by atoms with Crippen LogP contribution < -0.4 is 5.32 Å². The van der Waals surface area contributed by atoms with Crippen molar-refractivity contribution in [2.75, 3.05) is 33.5 Å². The molecule has 1 unspecified atom stereocenters. The molecule has 0 amide bonds. The molecule has 1 aromatic rings. The Morgan fingerprint density at radius 2 is 2.00 bits per heavy atom. The monoisotopic (exact) mass is 319 g/mol. The van der Waals surface area contributed by atoms with Gasteiger partial charge in [0.25, 0.3) is 0 Å². The topological polar surface area (TPSA) is 30.5 Å². The molecule has 0 heterocycles. The minimum atomic E-state index is 0.332. The number of likely N-dealkylation sites (N-methyl/N-ethyl adjacent to an activating group) is 1. The summed E-state index contributed by atoms with van der Waals surface area (Å²) >= 11 is 12.2. The Morgan fingerprint density at radius 3 is 2.70 bits per heavy atom. The van der Waals surface area contributed by atoms with Crippen LogP contribution in [0.5, 0.6) is 0 Å². The van der Waals surface area contributed by atoms with Gasteiger partial charge in [0.05, 0.1) is 13.2 Å². The first-order chi connectivity index (χ1) is 9.67. The third-order valence-corrected chi connectivity index (χ3v) is 3.61. The first-order valence-corrected chi connectivity index (χ1v) is 7.67. The molecule has 0 aromatic heterocycles. The Labute approximate surface area is 131 Å². The second kappa shape index (κ2) is 10.4. The summed E-state index contributed by atoms with van der Waals surface area (Å²) < 4.78 is 10.5. The number of benzene rings is 1. The van der Waals surface area contributed by atoms with Gasteiger partial charge in [-0.05, 0) is 43.1 Å². The summed E-state index contributed by atoms with van der Waals surface area (Å²) in [6.07, 6.45) is 1.78. The average Bonchev–Trinajstić information content (AvgIpc) is 2.42. The van der Waals surface area contributed by atoms with Crippen molar-refractivity contribution in [1.29, 1.82) is 0 Å². The quantitative estimate of drug-likeness (QED) is 0.669. The van der Waals surface area contributed by atoms with Crippen LogP contribution in [-0.4, -0.2) is 39.5 Å². The number of halogens is 2. The van der Waals surface area contributed by atoms with E-state index in [4.69, 9.17) is 32.7 Å². The number of nitrogens with one attached hydrogen (secondary N) is 1. The summed E-state index contributed by atoms with van der Waals surface area (Å²) in [5.74, 6) is 0. The molecule has 0 radical (unpaired) electrons. The van der Waals surface area contributed by atoms with Crippen molar-refractivity contribution >= 4 is 23.2 Å². The van der Waals surface area contributed by atoms with E-state index >= 15 is 0 Å². The first kappa shape index (κ1) is 17.7. The lowest BCUT2D eigenvalue weighted by Gasteiger charge is -2.19. The van der Waals surface area contributed by atoms with Gasteiger partial charge in [-0.15, -0.1) is 0 Å². The SMILES string of the molecule is CCNC(CCOCCOC)Cc1cc(Cl)ccc1Cl. The number of rotatable bonds is 10. The van der Waals surface area contributed by atoms with Crippen LogP contribution >= 0.6 is 23.2 Å². The fourth-order valence-corrected chi connectivity index (χ4v) is 2.39. The van der Waals surface area contributed by atoms with Gasteiger partial charge >= 0.3 is 0 Å². The van der Waals surface area contributed by atoms with Gasteiger partial charge in [0, 0.05) is 29.8 Å². The standard InChI is InChI=1S/C15H23Cl2NO2/c1-3-18-14(6-7-20-9-8-19-2)11-12-10-13(16)4-5-15(12)17/h4-5,10,14,18H,3,6-9,11H2,1-2H3. The maximum Gasteiger partial charge on any atom is 0.0700 e. The maximum atomic E-state index is 6.21. The predicted molar refractivity (Wildman–Crippen MR) is 84.9 cm³/mol. The Bertz CT molecular complexity index is 388. The van der Waals surface area contributed by atoms with Gasteiger partial charge in [-0.2, -0.15) is 0 Å². The lowest BCUT2D eigenvalue weighted by atomic mass is 10.0. The van der Waals surface area contributed by atoms with Crippen molar-refractivity contribution in [1.82, 2.24) is 5.32 Å². The largest absolute Gasteiger partial charge is 0.382 e. The predicted octanol–water partition coefficient (Wildman–Crippen LogP) is 3.57. The second-order valence-electron chi connectivity index (χ2n) is 4.59. The number of hydrogen-bond acceptors (Lipinski definition) is 3. The van der Waals surface area contributed by atoms with E-state index < -0.39 is 0 Å². The van der Waals surface area contributed by atoms with Gasteiger partial charge in [0.15, 0.2) is 0 Å². The molecule has 0 aliphatic rings. The molecule has 0 saturated heterocycles. The lowest BCUT2D eigenvalue weighted by molar-refractivity contribution is 0.0659. The third kappa shape index (κ3) is 6.91. The van der Waals surface area contributed by atoms with Crippen molar-refractivity contribution < 1.29 is 9.47 Å². The van der Waals surface area contributed by atoms with Crippen molar-refractivity contribution in [3.05, 3.63) is 33.8 Å². The molecule has 1 atom stereocenters. The molecule has 1 aromatic carbocycles. The van der Waals surface area contributed by atoms with Crippen LogP contribution in [0.4, 0.5) is 0 Å². The summed E-state index contributed by atoms with van der Waals surface area (Å²) in [4.78, 5) is 0. The van der Waals surface area contributed by atoms with Crippen LogP contribution in [0, 0.1) is 0 Å². The van der Waals surface area contributed by atoms with Crippen molar-refractivity contribution in [3.8, 4) is 0 Å². The Morgan fingerprint density at radius 1 is 1.20 bits per heavy atom. The molecule has 20 heavy (non-hydrogen) atoms. The zero-order chi connectivity index (χ0) is 14.8. The fraction of sp³-hybridized carbons (Fsp3) is 0.600. The molecular formula is C15H23Cl2NO2. The van der Waals surface area contributed by atoms with Crippen LogP contribution in [0.15, 0.2) is 18.2 Å². The Kier molecular flexibility index (Phi) is 9.23. The number of hydrogen-bond donors (Lipinski definition) is 1. The summed E-state index contributed by atoms with van der Waals surface area (Å²) in [7, 11) is 1.67. The molecule has 3 nitrogen and oxygen atoms in total. The van der Waals surface area contributed by atoms with Gasteiger partial charge in [0.2, 0.25) is 0 Å². The number of methoxy groups -OCH3 is 1. The normalized spacial score (nSPS) is 12.6. The molecule has 0 spiro atoms. The molecule has 0 saturated carbocycles. The highest BCUT2D eigenvalue weighted by atomic mass is 35.5. The highest BCUT2D eigenvalue weighted by Crippen LogP contribution is 2.22. The van der Waals surface area contributed by atoms with E-state index in [1.807, 2.05) is 18.2 Å². The van der Waals surface area contributed by atoms with Gasteiger partial charge in [0.1, 0.15) is 0 Å². The van der Waals surface area contributed by atoms with Crippen molar-refractivity contribution in [3.63, 3.8) is 0 Å². The molecule has 1 N–H and O–H groups in total. The second-order valence-corrected chi connectivity index (χ2v) is 5.43. The highest BCUT2D eigenvalue weighted by Gasteiger charge is 2.11.